The Balaban J connectivity index is 2.23. The van der Waals surface area contributed by atoms with Gasteiger partial charge in [0.1, 0.15) is 5.69 Å². The van der Waals surface area contributed by atoms with E-state index in [1.165, 1.54) is 16.4 Å². The molecule has 0 aromatic carbocycles. The Morgan fingerprint density at radius 1 is 1.59 bits per heavy atom. The summed E-state index contributed by atoms with van der Waals surface area (Å²) in [6.07, 6.45) is 1.91. The lowest BCUT2D eigenvalue weighted by atomic mass is 10.2. The SMILES string of the molecule is NNC(=O)CCc1nnc2n(c1=O)N=CCS2. The van der Waals surface area contributed by atoms with Crippen molar-refractivity contribution in [3.63, 3.8) is 0 Å². The molecule has 0 atom stereocenters. The van der Waals surface area contributed by atoms with Crippen LogP contribution in [0.5, 0.6) is 0 Å². The molecular formula is C8H10N6O2S. The predicted molar refractivity (Wildman–Crippen MR) is 61.6 cm³/mol. The molecular weight excluding hydrogens is 244 g/mol. The molecule has 90 valence electrons. The van der Waals surface area contributed by atoms with E-state index in [-0.39, 0.29) is 30.0 Å². The van der Waals surface area contributed by atoms with Gasteiger partial charge in [0.25, 0.3) is 5.56 Å². The summed E-state index contributed by atoms with van der Waals surface area (Å²) < 4.78 is 1.19. The zero-order chi connectivity index (χ0) is 12.3. The fraction of sp³-hybridized carbons (Fsp3) is 0.375. The van der Waals surface area contributed by atoms with Crippen molar-refractivity contribution >= 4 is 23.9 Å². The van der Waals surface area contributed by atoms with Crippen LogP contribution in [0.1, 0.15) is 12.1 Å². The third kappa shape index (κ3) is 2.50. The third-order valence-corrected chi connectivity index (χ3v) is 2.94. The zero-order valence-corrected chi connectivity index (χ0v) is 9.61. The molecule has 1 amide bonds. The van der Waals surface area contributed by atoms with Crippen LogP contribution >= 0.6 is 11.8 Å². The van der Waals surface area contributed by atoms with E-state index in [1.807, 2.05) is 5.43 Å². The second-order valence-electron chi connectivity index (χ2n) is 3.22. The molecule has 2 heterocycles. The zero-order valence-electron chi connectivity index (χ0n) is 8.79. The van der Waals surface area contributed by atoms with Crippen LogP contribution in [0.2, 0.25) is 0 Å². The number of aromatic nitrogens is 3. The Bertz CT molecular complexity index is 525. The molecule has 0 unspecified atom stereocenters. The summed E-state index contributed by atoms with van der Waals surface area (Å²) in [5.74, 6) is 5.25. The Hall–Kier alpha value is -1.74. The molecule has 1 aliphatic rings. The first-order chi connectivity index (χ1) is 8.22. The third-order valence-electron chi connectivity index (χ3n) is 2.11. The highest BCUT2D eigenvalue weighted by molar-refractivity contribution is 7.99. The topological polar surface area (TPSA) is 115 Å². The minimum absolute atomic E-state index is 0.0939. The van der Waals surface area contributed by atoms with Gasteiger partial charge >= 0.3 is 0 Å². The number of thioether (sulfide) groups is 1. The van der Waals surface area contributed by atoms with Crippen LogP contribution in [0.15, 0.2) is 15.1 Å². The van der Waals surface area contributed by atoms with Crippen molar-refractivity contribution in [2.24, 2.45) is 10.9 Å². The first-order valence-corrected chi connectivity index (χ1v) is 5.84. The van der Waals surface area contributed by atoms with Crippen molar-refractivity contribution in [2.45, 2.75) is 18.0 Å². The average molecular weight is 254 g/mol. The van der Waals surface area contributed by atoms with Gasteiger partial charge in [0.05, 0.1) is 0 Å². The highest BCUT2D eigenvalue weighted by atomic mass is 32.2. The number of fused-ring (bicyclic) bond motifs is 1. The van der Waals surface area contributed by atoms with Gasteiger partial charge in [0, 0.05) is 24.8 Å². The lowest BCUT2D eigenvalue weighted by molar-refractivity contribution is -0.121. The molecule has 8 nitrogen and oxygen atoms in total. The maximum Gasteiger partial charge on any atom is 0.296 e. The first kappa shape index (κ1) is 11.7. The van der Waals surface area contributed by atoms with Crippen LogP contribution in [-0.2, 0) is 11.2 Å². The number of amides is 1. The van der Waals surface area contributed by atoms with Crippen molar-refractivity contribution in [3.05, 3.63) is 16.0 Å². The van der Waals surface area contributed by atoms with E-state index < -0.39 is 0 Å². The van der Waals surface area contributed by atoms with Crippen LogP contribution in [0.3, 0.4) is 0 Å². The second-order valence-corrected chi connectivity index (χ2v) is 4.21. The van der Waals surface area contributed by atoms with E-state index in [0.717, 1.165) is 0 Å². The molecule has 1 aromatic rings. The van der Waals surface area contributed by atoms with Gasteiger partial charge in [-0.1, -0.05) is 11.8 Å². The van der Waals surface area contributed by atoms with Gasteiger partial charge < -0.3 is 0 Å². The lowest BCUT2D eigenvalue weighted by Crippen LogP contribution is -2.32. The van der Waals surface area contributed by atoms with E-state index in [4.69, 9.17) is 5.84 Å². The number of rotatable bonds is 3. The molecule has 0 saturated heterocycles. The minimum atomic E-state index is -0.355. The number of carbonyl (C=O) groups is 1. The molecule has 2 rings (SSSR count). The minimum Gasteiger partial charge on any atom is -0.294 e. The highest BCUT2D eigenvalue weighted by Gasteiger charge is 2.14. The van der Waals surface area contributed by atoms with Crippen molar-refractivity contribution in [1.29, 1.82) is 0 Å². The van der Waals surface area contributed by atoms with Gasteiger partial charge in [-0.3, -0.25) is 15.0 Å². The fourth-order valence-electron chi connectivity index (χ4n) is 1.28. The molecule has 0 saturated carbocycles. The molecule has 0 radical (unpaired) electrons. The summed E-state index contributed by atoms with van der Waals surface area (Å²) in [5, 5.41) is 12.1. The van der Waals surface area contributed by atoms with Gasteiger partial charge in [-0.25, -0.2) is 5.84 Å². The smallest absolute Gasteiger partial charge is 0.294 e. The Morgan fingerprint density at radius 3 is 3.18 bits per heavy atom. The summed E-state index contributed by atoms with van der Waals surface area (Å²) in [4.78, 5) is 22.8. The summed E-state index contributed by atoms with van der Waals surface area (Å²) in [6, 6.07) is 0. The van der Waals surface area contributed by atoms with E-state index in [1.54, 1.807) is 6.21 Å². The fourth-order valence-corrected chi connectivity index (χ4v) is 1.92. The average Bonchev–Trinajstić information content (AvgIpc) is 2.38. The van der Waals surface area contributed by atoms with E-state index in [9.17, 15) is 9.59 Å². The monoisotopic (exact) mass is 254 g/mol. The molecule has 17 heavy (non-hydrogen) atoms. The van der Waals surface area contributed by atoms with Gasteiger partial charge in [-0.2, -0.15) is 9.78 Å². The van der Waals surface area contributed by atoms with Crippen molar-refractivity contribution in [3.8, 4) is 0 Å². The molecule has 0 bridgehead atoms. The van der Waals surface area contributed by atoms with Crippen LogP contribution < -0.4 is 16.8 Å². The number of hydrogen-bond acceptors (Lipinski definition) is 7. The summed E-state index contributed by atoms with van der Waals surface area (Å²) in [7, 11) is 0. The first-order valence-electron chi connectivity index (χ1n) is 4.86. The Labute approximate surface area is 100 Å². The van der Waals surface area contributed by atoms with Crippen LogP contribution in [-0.4, -0.2) is 32.7 Å². The predicted octanol–water partition coefficient (Wildman–Crippen LogP) is -1.50. The normalized spacial score (nSPS) is 13.2. The molecule has 0 fully saturated rings. The number of aryl methyl sites for hydroxylation is 1. The largest absolute Gasteiger partial charge is 0.296 e. The standard InChI is InChI=1S/C8H10N6O2S/c9-11-6(15)2-1-5-7(16)14-8(13-12-5)17-4-3-10-14/h3H,1-2,4,9H2,(H,11,15). The number of nitrogens with zero attached hydrogens (tertiary/aromatic N) is 4. The van der Waals surface area contributed by atoms with Gasteiger partial charge in [0.2, 0.25) is 11.1 Å². The van der Waals surface area contributed by atoms with E-state index in [0.29, 0.717) is 10.9 Å². The van der Waals surface area contributed by atoms with Crippen molar-refractivity contribution in [1.82, 2.24) is 20.3 Å². The van der Waals surface area contributed by atoms with Gasteiger partial charge in [-0.05, 0) is 0 Å². The summed E-state index contributed by atoms with van der Waals surface area (Å²) in [6.45, 7) is 0. The van der Waals surface area contributed by atoms with E-state index in [2.05, 4.69) is 15.3 Å². The van der Waals surface area contributed by atoms with Crippen molar-refractivity contribution < 1.29 is 4.79 Å². The number of hydrogen-bond donors (Lipinski definition) is 2. The number of carbonyl (C=O) groups excluding carboxylic acids is 1. The maximum absolute atomic E-state index is 11.9. The molecule has 9 heteroatoms. The maximum atomic E-state index is 11.9. The van der Waals surface area contributed by atoms with Gasteiger partial charge in [-0.15, -0.1) is 10.2 Å². The molecule has 0 aliphatic carbocycles. The van der Waals surface area contributed by atoms with Gasteiger partial charge in [0.15, 0.2) is 0 Å². The van der Waals surface area contributed by atoms with Crippen LogP contribution in [0.4, 0.5) is 0 Å². The molecule has 1 aromatic heterocycles. The Kier molecular flexibility index (Phi) is 3.49. The number of nitrogens with one attached hydrogen (secondary N) is 1. The van der Waals surface area contributed by atoms with E-state index >= 15 is 0 Å². The lowest BCUT2D eigenvalue weighted by Gasteiger charge is -2.09. The van der Waals surface area contributed by atoms with Crippen LogP contribution in [0, 0.1) is 0 Å². The van der Waals surface area contributed by atoms with Crippen molar-refractivity contribution in [2.75, 3.05) is 5.75 Å². The number of nitrogens with two attached hydrogens (primary N) is 1. The van der Waals surface area contributed by atoms with Crippen LogP contribution in [0.25, 0.3) is 0 Å². The number of hydrazine groups is 1. The summed E-state index contributed by atoms with van der Waals surface area (Å²) in [5.41, 5.74) is 1.85. The second kappa shape index (κ2) is 5.06. The molecule has 3 N–H and O–H groups in total. The highest BCUT2D eigenvalue weighted by Crippen LogP contribution is 2.14. The summed E-state index contributed by atoms with van der Waals surface area (Å²) >= 11 is 1.38. The molecule has 0 spiro atoms. The Morgan fingerprint density at radius 2 is 2.41 bits per heavy atom. The molecule has 1 aliphatic heterocycles. The quantitative estimate of drug-likeness (QED) is 0.385.